The zero-order chi connectivity index (χ0) is 18.5. The number of rotatable bonds is 2. The normalized spacial score (nSPS) is 21.9. The highest BCUT2D eigenvalue weighted by Gasteiger charge is 2.42. The molecule has 1 N–H and O–H groups in total. The molecule has 2 atom stereocenters. The van der Waals surface area contributed by atoms with Crippen LogP contribution in [0.25, 0.3) is 11.0 Å². The smallest absolute Gasteiger partial charge is 0.253 e. The topological polar surface area (TPSA) is 90.9 Å². The number of carbonyl (C=O) groups is 1. The molecule has 3 aromatic rings. The van der Waals surface area contributed by atoms with Gasteiger partial charge in [0.15, 0.2) is 0 Å². The molecular weight excluding hydrogens is 342 g/mol. The molecule has 2 fully saturated rings. The van der Waals surface area contributed by atoms with Gasteiger partial charge in [-0.2, -0.15) is 15.4 Å². The van der Waals surface area contributed by atoms with Crippen LogP contribution in [0.1, 0.15) is 21.6 Å². The van der Waals surface area contributed by atoms with Gasteiger partial charge in [-0.3, -0.25) is 4.79 Å². The number of anilines is 1. The highest BCUT2D eigenvalue weighted by atomic mass is 16.2. The second kappa shape index (κ2) is 6.00. The first-order valence-corrected chi connectivity index (χ1v) is 9.23. The molecule has 2 aliphatic rings. The molecule has 2 aliphatic heterocycles. The van der Waals surface area contributed by atoms with E-state index in [-0.39, 0.29) is 5.91 Å². The molecule has 5 rings (SSSR count). The number of nitrogens with one attached hydrogen (secondary N) is 1. The first-order chi connectivity index (χ1) is 13.1. The number of hydrogen-bond donors (Lipinski definition) is 1. The molecule has 2 saturated heterocycles. The van der Waals surface area contributed by atoms with E-state index in [9.17, 15) is 4.79 Å². The van der Waals surface area contributed by atoms with Crippen LogP contribution in [0.3, 0.4) is 0 Å². The lowest BCUT2D eigenvalue weighted by Gasteiger charge is -2.24. The van der Waals surface area contributed by atoms with Crippen molar-refractivity contribution in [3.63, 3.8) is 0 Å². The van der Waals surface area contributed by atoms with Gasteiger partial charge >= 0.3 is 0 Å². The van der Waals surface area contributed by atoms with Gasteiger partial charge in [-0.05, 0) is 32.0 Å². The Labute approximate surface area is 156 Å². The summed E-state index contributed by atoms with van der Waals surface area (Å²) in [7, 11) is 0. The van der Waals surface area contributed by atoms with Crippen LogP contribution in [0.5, 0.6) is 0 Å². The van der Waals surface area contributed by atoms with Gasteiger partial charge in [0.2, 0.25) is 0 Å². The average Bonchev–Trinajstić information content (AvgIpc) is 3.36. The summed E-state index contributed by atoms with van der Waals surface area (Å²) >= 11 is 0. The number of amides is 1. The van der Waals surface area contributed by atoms with E-state index in [0.29, 0.717) is 17.4 Å². The summed E-state index contributed by atoms with van der Waals surface area (Å²) < 4.78 is 0. The molecule has 0 bridgehead atoms. The number of likely N-dealkylation sites (tertiary alicyclic amines) is 1. The maximum atomic E-state index is 12.9. The number of nitrogens with zero attached hydrogens (tertiary/aromatic N) is 6. The van der Waals surface area contributed by atoms with Gasteiger partial charge in [-0.25, -0.2) is 9.97 Å². The number of hydrogen-bond acceptors (Lipinski definition) is 6. The fourth-order valence-electron chi connectivity index (χ4n) is 4.33. The number of carbonyl (C=O) groups excluding carboxylic acids is 1. The van der Waals surface area contributed by atoms with Crippen LogP contribution in [-0.4, -0.2) is 62.4 Å². The van der Waals surface area contributed by atoms with Gasteiger partial charge in [-0.1, -0.05) is 0 Å². The molecular formula is C19H21N7O. The van der Waals surface area contributed by atoms with Crippen molar-refractivity contribution in [1.82, 2.24) is 30.3 Å². The van der Waals surface area contributed by atoms with Crippen molar-refractivity contribution in [3.8, 4) is 0 Å². The van der Waals surface area contributed by atoms with Crippen LogP contribution >= 0.6 is 0 Å². The Balaban J connectivity index is 1.30. The van der Waals surface area contributed by atoms with Crippen molar-refractivity contribution < 1.29 is 4.79 Å². The summed E-state index contributed by atoms with van der Waals surface area (Å²) in [6.07, 6.45) is 1.64. The van der Waals surface area contributed by atoms with Gasteiger partial charge in [0.05, 0.1) is 0 Å². The Morgan fingerprint density at radius 1 is 1.04 bits per heavy atom. The Hall–Kier alpha value is -3.03. The number of H-pyrrole nitrogens is 1. The number of aryl methyl sites for hydroxylation is 1. The summed E-state index contributed by atoms with van der Waals surface area (Å²) in [5.41, 5.74) is 4.34. The summed E-state index contributed by atoms with van der Waals surface area (Å²) in [6, 6.07) is 5.49. The quantitative estimate of drug-likeness (QED) is 0.743. The monoisotopic (exact) mass is 363 g/mol. The molecule has 4 heterocycles. The molecule has 0 radical (unpaired) electrons. The molecule has 2 aromatic heterocycles. The highest BCUT2D eigenvalue weighted by molar-refractivity contribution is 5.97. The molecule has 27 heavy (non-hydrogen) atoms. The molecule has 0 saturated carbocycles. The standard InChI is InChI=1S/C19H21N7O/c1-11-12(2)20-10-21-18(11)25-6-14-8-26(9-15(14)7-25)19(27)13-3-4-16-17(5-13)23-24-22-16/h3-5,10,14-15H,6-9H2,1-2H3,(H,22,23,24). The maximum absolute atomic E-state index is 12.9. The molecule has 0 spiro atoms. The van der Waals surface area contributed by atoms with E-state index in [1.807, 2.05) is 30.0 Å². The van der Waals surface area contributed by atoms with Crippen LogP contribution in [0, 0.1) is 25.7 Å². The Morgan fingerprint density at radius 2 is 1.78 bits per heavy atom. The third-order valence-electron chi connectivity index (χ3n) is 5.95. The molecule has 138 valence electrons. The third kappa shape index (κ3) is 2.63. The lowest BCUT2D eigenvalue weighted by atomic mass is 10.0. The van der Waals surface area contributed by atoms with Gasteiger partial charge in [0.25, 0.3) is 5.91 Å². The van der Waals surface area contributed by atoms with Crippen LogP contribution in [0.4, 0.5) is 5.82 Å². The van der Waals surface area contributed by atoms with Crippen molar-refractivity contribution in [2.45, 2.75) is 13.8 Å². The molecule has 8 heteroatoms. The largest absolute Gasteiger partial charge is 0.356 e. The van der Waals surface area contributed by atoms with E-state index in [1.54, 1.807) is 6.33 Å². The second-order valence-corrected chi connectivity index (χ2v) is 7.57. The van der Waals surface area contributed by atoms with E-state index in [0.717, 1.165) is 54.3 Å². The van der Waals surface area contributed by atoms with E-state index >= 15 is 0 Å². The van der Waals surface area contributed by atoms with Crippen LogP contribution in [0.15, 0.2) is 24.5 Å². The number of benzene rings is 1. The molecule has 1 aromatic carbocycles. The summed E-state index contributed by atoms with van der Waals surface area (Å²) in [5.74, 6) is 2.08. The van der Waals surface area contributed by atoms with Gasteiger partial charge in [0.1, 0.15) is 23.2 Å². The highest BCUT2D eigenvalue weighted by Crippen LogP contribution is 2.35. The van der Waals surface area contributed by atoms with E-state index in [2.05, 4.69) is 37.2 Å². The van der Waals surface area contributed by atoms with Crippen LogP contribution in [-0.2, 0) is 0 Å². The average molecular weight is 363 g/mol. The Kier molecular flexibility index (Phi) is 3.60. The van der Waals surface area contributed by atoms with Crippen LogP contribution in [0.2, 0.25) is 0 Å². The minimum Gasteiger partial charge on any atom is -0.356 e. The Bertz CT molecular complexity index is 1020. The van der Waals surface area contributed by atoms with Gasteiger partial charge in [0, 0.05) is 54.8 Å². The first-order valence-electron chi connectivity index (χ1n) is 9.23. The summed E-state index contributed by atoms with van der Waals surface area (Å²) in [6.45, 7) is 7.56. The minimum absolute atomic E-state index is 0.0786. The van der Waals surface area contributed by atoms with Crippen molar-refractivity contribution in [3.05, 3.63) is 41.3 Å². The number of aromatic nitrogens is 5. The molecule has 1 amide bonds. The van der Waals surface area contributed by atoms with Crippen molar-refractivity contribution in [2.24, 2.45) is 11.8 Å². The SMILES string of the molecule is Cc1ncnc(N2CC3CN(C(=O)c4ccc5n[nH]nc5c4)CC3C2)c1C. The minimum atomic E-state index is 0.0786. The lowest BCUT2D eigenvalue weighted by molar-refractivity contribution is 0.0782. The fraction of sp³-hybridized carbons (Fsp3) is 0.421. The first kappa shape index (κ1) is 16.2. The summed E-state index contributed by atoms with van der Waals surface area (Å²) in [4.78, 5) is 26.0. The second-order valence-electron chi connectivity index (χ2n) is 7.57. The van der Waals surface area contributed by atoms with E-state index in [1.165, 1.54) is 0 Å². The Morgan fingerprint density at radius 3 is 2.56 bits per heavy atom. The van der Waals surface area contributed by atoms with Crippen molar-refractivity contribution in [2.75, 3.05) is 31.1 Å². The summed E-state index contributed by atoms with van der Waals surface area (Å²) in [5, 5.41) is 10.7. The third-order valence-corrected chi connectivity index (χ3v) is 5.95. The number of aromatic amines is 1. The van der Waals surface area contributed by atoms with Crippen molar-refractivity contribution in [1.29, 1.82) is 0 Å². The van der Waals surface area contributed by atoms with Gasteiger partial charge < -0.3 is 9.80 Å². The predicted octanol–water partition coefficient (Wildman–Crippen LogP) is 1.57. The molecule has 8 nitrogen and oxygen atoms in total. The molecule has 2 unspecified atom stereocenters. The van der Waals surface area contributed by atoms with Gasteiger partial charge in [-0.15, -0.1) is 0 Å². The zero-order valence-electron chi connectivity index (χ0n) is 15.4. The van der Waals surface area contributed by atoms with E-state index < -0.39 is 0 Å². The van der Waals surface area contributed by atoms with E-state index in [4.69, 9.17) is 0 Å². The predicted molar refractivity (Wildman–Crippen MR) is 100 cm³/mol. The number of fused-ring (bicyclic) bond motifs is 2. The zero-order valence-corrected chi connectivity index (χ0v) is 15.4. The van der Waals surface area contributed by atoms with Crippen molar-refractivity contribution >= 4 is 22.8 Å². The molecule has 0 aliphatic carbocycles. The lowest BCUT2D eigenvalue weighted by Crippen LogP contribution is -2.33. The van der Waals surface area contributed by atoms with Crippen LogP contribution < -0.4 is 4.90 Å². The maximum Gasteiger partial charge on any atom is 0.253 e. The fourth-order valence-corrected chi connectivity index (χ4v) is 4.33.